The predicted octanol–water partition coefficient (Wildman–Crippen LogP) is 0.507. The number of rotatable bonds is 3. The third kappa shape index (κ3) is 3.09. The molecule has 0 aromatic heterocycles. The minimum Gasteiger partial charge on any atom is -0.379 e. The number of nitrogens with one attached hydrogen (secondary N) is 1. The van der Waals surface area contributed by atoms with Gasteiger partial charge in [-0.15, -0.1) is 0 Å². The highest BCUT2D eigenvalue weighted by Crippen LogP contribution is 2.26. The van der Waals surface area contributed by atoms with Crippen molar-refractivity contribution in [3.05, 3.63) is 23.8 Å². The highest BCUT2D eigenvalue weighted by atomic mass is 32.2. The molecule has 1 aliphatic heterocycles. The smallest absolute Gasteiger partial charge is 0.316 e. The second-order valence-electron chi connectivity index (χ2n) is 4.51. The number of nitrogens with two attached hydrogens (primary N) is 1. The van der Waals surface area contributed by atoms with Crippen molar-refractivity contribution in [1.29, 1.82) is 0 Å². The molecule has 3 N–H and O–H groups in total. The lowest BCUT2D eigenvalue weighted by Crippen LogP contribution is -2.41. The maximum absolute atomic E-state index is 12.6. The van der Waals surface area contributed by atoms with Crippen LogP contribution in [-0.2, 0) is 14.8 Å². The zero-order valence-corrected chi connectivity index (χ0v) is 11.9. The summed E-state index contributed by atoms with van der Waals surface area (Å²) in [5, 5.41) is 2.35. The Hall–Kier alpha value is -1.64. The summed E-state index contributed by atoms with van der Waals surface area (Å²) < 4.78 is 31.7. The maximum atomic E-state index is 12.6. The quantitative estimate of drug-likeness (QED) is 0.848. The molecule has 0 bridgehead atoms. The van der Waals surface area contributed by atoms with Crippen LogP contribution in [0.2, 0.25) is 0 Å². The molecule has 2 rings (SSSR count). The van der Waals surface area contributed by atoms with Crippen LogP contribution in [0.5, 0.6) is 0 Å². The number of hydrogen-bond acceptors (Lipinski definition) is 4. The fraction of sp³-hybridized carbons (Fsp3) is 0.417. The normalized spacial score (nSPS) is 16.9. The van der Waals surface area contributed by atoms with Gasteiger partial charge in [-0.1, -0.05) is 6.07 Å². The molecular formula is C12H17N3O4S. The van der Waals surface area contributed by atoms with Gasteiger partial charge in [0.05, 0.1) is 18.9 Å². The molecular weight excluding hydrogens is 282 g/mol. The van der Waals surface area contributed by atoms with Crippen LogP contribution in [0.3, 0.4) is 0 Å². The zero-order chi connectivity index (χ0) is 14.8. The van der Waals surface area contributed by atoms with Crippen molar-refractivity contribution in [2.75, 3.05) is 31.6 Å². The summed E-state index contributed by atoms with van der Waals surface area (Å²) in [6.45, 7) is 3.11. The Labute approximate surface area is 117 Å². The second kappa shape index (κ2) is 5.78. The Morgan fingerprint density at radius 3 is 2.60 bits per heavy atom. The van der Waals surface area contributed by atoms with E-state index in [0.29, 0.717) is 26.3 Å². The van der Waals surface area contributed by atoms with E-state index in [1.165, 1.54) is 16.4 Å². The number of sulfonamides is 1. The molecule has 1 aromatic carbocycles. The van der Waals surface area contributed by atoms with Gasteiger partial charge in [-0.25, -0.2) is 13.2 Å². The first-order valence-electron chi connectivity index (χ1n) is 6.16. The zero-order valence-electron chi connectivity index (χ0n) is 11.1. The fourth-order valence-electron chi connectivity index (χ4n) is 2.01. The largest absolute Gasteiger partial charge is 0.379 e. The molecule has 8 heteroatoms. The van der Waals surface area contributed by atoms with E-state index in [1.807, 2.05) is 0 Å². The van der Waals surface area contributed by atoms with Crippen molar-refractivity contribution in [2.45, 2.75) is 11.8 Å². The van der Waals surface area contributed by atoms with Gasteiger partial charge in [0.2, 0.25) is 10.0 Å². The van der Waals surface area contributed by atoms with Gasteiger partial charge in [-0.05, 0) is 24.6 Å². The topological polar surface area (TPSA) is 102 Å². The van der Waals surface area contributed by atoms with Crippen molar-refractivity contribution in [1.82, 2.24) is 4.31 Å². The number of carbonyl (C=O) groups excluding carboxylic acids is 1. The van der Waals surface area contributed by atoms with Crippen molar-refractivity contribution in [3.8, 4) is 0 Å². The second-order valence-corrected chi connectivity index (χ2v) is 6.41. The standard InChI is InChI=1S/C12H17N3O4S/c1-9-2-3-10(14-12(13)16)11(8-9)20(17,18)15-4-6-19-7-5-15/h2-3,8H,4-7H2,1H3,(H3,13,14,16). The number of nitrogens with zero attached hydrogens (tertiary/aromatic N) is 1. The number of anilines is 1. The van der Waals surface area contributed by atoms with Gasteiger partial charge in [0.15, 0.2) is 0 Å². The number of aryl methyl sites for hydroxylation is 1. The predicted molar refractivity (Wildman–Crippen MR) is 74.0 cm³/mol. The summed E-state index contributed by atoms with van der Waals surface area (Å²) in [5.41, 5.74) is 6.05. The summed E-state index contributed by atoms with van der Waals surface area (Å²) in [4.78, 5) is 11.0. The molecule has 0 aliphatic carbocycles. The number of amides is 2. The molecule has 110 valence electrons. The van der Waals surface area contributed by atoms with E-state index >= 15 is 0 Å². The van der Waals surface area contributed by atoms with Crippen LogP contribution in [0.15, 0.2) is 23.1 Å². The number of ether oxygens (including phenoxy) is 1. The summed E-state index contributed by atoms with van der Waals surface area (Å²) in [5.74, 6) is 0. The summed E-state index contributed by atoms with van der Waals surface area (Å²) in [6, 6.07) is 3.97. The first-order chi connectivity index (χ1) is 9.41. The Kier molecular flexibility index (Phi) is 4.26. The summed E-state index contributed by atoms with van der Waals surface area (Å²) in [7, 11) is -3.68. The molecule has 0 radical (unpaired) electrons. The number of hydrogen-bond donors (Lipinski definition) is 2. The highest BCUT2D eigenvalue weighted by molar-refractivity contribution is 7.89. The molecule has 0 spiro atoms. The van der Waals surface area contributed by atoms with Crippen LogP contribution >= 0.6 is 0 Å². The fourth-order valence-corrected chi connectivity index (χ4v) is 3.64. The molecule has 1 saturated heterocycles. The Morgan fingerprint density at radius 1 is 1.35 bits per heavy atom. The van der Waals surface area contributed by atoms with Gasteiger partial charge < -0.3 is 15.8 Å². The van der Waals surface area contributed by atoms with Gasteiger partial charge in [0, 0.05) is 13.1 Å². The van der Waals surface area contributed by atoms with E-state index in [1.54, 1.807) is 13.0 Å². The molecule has 2 amide bonds. The summed E-state index contributed by atoms with van der Waals surface area (Å²) >= 11 is 0. The minimum absolute atomic E-state index is 0.0539. The van der Waals surface area contributed by atoms with E-state index in [9.17, 15) is 13.2 Å². The van der Waals surface area contributed by atoms with Gasteiger partial charge in [0.1, 0.15) is 4.90 Å². The van der Waals surface area contributed by atoms with Gasteiger partial charge in [0.25, 0.3) is 0 Å². The number of benzene rings is 1. The maximum Gasteiger partial charge on any atom is 0.316 e. The Bertz CT molecular complexity index is 609. The van der Waals surface area contributed by atoms with Gasteiger partial charge >= 0.3 is 6.03 Å². The van der Waals surface area contributed by atoms with Crippen molar-refractivity contribution in [3.63, 3.8) is 0 Å². The molecule has 7 nitrogen and oxygen atoms in total. The molecule has 0 saturated carbocycles. The molecule has 20 heavy (non-hydrogen) atoms. The van der Waals surface area contributed by atoms with E-state index in [-0.39, 0.29) is 10.6 Å². The number of morpholine rings is 1. The van der Waals surface area contributed by atoms with E-state index in [4.69, 9.17) is 10.5 Å². The van der Waals surface area contributed by atoms with Crippen LogP contribution in [0.1, 0.15) is 5.56 Å². The highest BCUT2D eigenvalue weighted by Gasteiger charge is 2.29. The SMILES string of the molecule is Cc1ccc(NC(N)=O)c(S(=O)(=O)N2CCOCC2)c1. The molecule has 1 heterocycles. The van der Waals surface area contributed by atoms with E-state index in [0.717, 1.165) is 5.56 Å². The Morgan fingerprint density at radius 2 is 2.00 bits per heavy atom. The molecule has 0 atom stereocenters. The lowest BCUT2D eigenvalue weighted by Gasteiger charge is -2.27. The Balaban J connectivity index is 2.43. The van der Waals surface area contributed by atoms with Gasteiger partial charge in [-0.3, -0.25) is 0 Å². The van der Waals surface area contributed by atoms with E-state index in [2.05, 4.69) is 5.32 Å². The van der Waals surface area contributed by atoms with Crippen molar-refractivity contribution < 1.29 is 17.9 Å². The van der Waals surface area contributed by atoms with Crippen molar-refractivity contribution in [2.24, 2.45) is 5.73 Å². The minimum atomic E-state index is -3.68. The molecule has 1 fully saturated rings. The lowest BCUT2D eigenvalue weighted by atomic mass is 10.2. The third-order valence-corrected chi connectivity index (χ3v) is 4.92. The van der Waals surface area contributed by atoms with Crippen molar-refractivity contribution >= 4 is 21.7 Å². The first-order valence-corrected chi connectivity index (χ1v) is 7.60. The molecule has 0 unspecified atom stereocenters. The third-order valence-electron chi connectivity index (χ3n) is 2.98. The average Bonchev–Trinajstić information content (AvgIpc) is 2.41. The van der Waals surface area contributed by atoms with E-state index < -0.39 is 16.1 Å². The van der Waals surface area contributed by atoms with Crippen LogP contribution < -0.4 is 11.1 Å². The van der Waals surface area contributed by atoms with Gasteiger partial charge in [-0.2, -0.15) is 4.31 Å². The van der Waals surface area contributed by atoms with Crippen LogP contribution in [0.25, 0.3) is 0 Å². The van der Waals surface area contributed by atoms with Crippen LogP contribution in [0, 0.1) is 6.92 Å². The first kappa shape index (κ1) is 14.8. The van der Waals surface area contributed by atoms with Crippen LogP contribution in [0.4, 0.5) is 10.5 Å². The average molecular weight is 299 g/mol. The summed E-state index contributed by atoms with van der Waals surface area (Å²) in [6.07, 6.45) is 0. The lowest BCUT2D eigenvalue weighted by molar-refractivity contribution is 0.0730. The number of urea groups is 1. The molecule has 1 aliphatic rings. The number of primary amides is 1. The monoisotopic (exact) mass is 299 g/mol. The number of carbonyl (C=O) groups is 1. The van der Waals surface area contributed by atoms with Crippen LogP contribution in [-0.4, -0.2) is 45.1 Å². The molecule has 1 aromatic rings.